The number of alkyl halides is 3. The lowest BCUT2D eigenvalue weighted by Crippen LogP contribution is -2.40. The Bertz CT molecular complexity index is 1260. The molecule has 3 aromatic rings. The van der Waals surface area contributed by atoms with Crippen molar-refractivity contribution in [3.63, 3.8) is 0 Å². The monoisotopic (exact) mass is 496 g/mol. The lowest BCUT2D eigenvalue weighted by molar-refractivity contribution is -0.138. The number of amides is 1. The first kappa shape index (κ1) is 24.9. The average Bonchev–Trinajstić information content (AvgIpc) is 3.38. The van der Waals surface area contributed by atoms with Crippen LogP contribution in [0.3, 0.4) is 0 Å². The highest BCUT2D eigenvalue weighted by molar-refractivity contribution is 5.98. The predicted octanol–water partition coefficient (Wildman–Crippen LogP) is 5.86. The number of nitrogen functional groups attached to an aromatic ring is 1. The van der Waals surface area contributed by atoms with Gasteiger partial charge in [-0.25, -0.2) is 13.8 Å². The zero-order valence-electron chi connectivity index (χ0n) is 19.4. The van der Waals surface area contributed by atoms with E-state index in [1.54, 1.807) is 0 Å². The number of carbonyl (C=O) groups is 1. The molecule has 6 nitrogen and oxygen atoms in total. The number of benzene rings is 1. The van der Waals surface area contributed by atoms with Gasteiger partial charge in [-0.05, 0) is 38.0 Å². The Kier molecular flexibility index (Phi) is 6.48. The van der Waals surface area contributed by atoms with Crippen molar-refractivity contribution in [2.45, 2.75) is 65.1 Å². The minimum absolute atomic E-state index is 0.125. The lowest BCUT2D eigenvalue weighted by Gasteiger charge is -2.30. The highest BCUT2D eigenvalue weighted by atomic mass is 19.4. The molecule has 0 bridgehead atoms. The Balaban J connectivity index is 1.74. The van der Waals surface area contributed by atoms with Gasteiger partial charge in [-0.3, -0.25) is 4.79 Å². The van der Waals surface area contributed by atoms with Crippen LogP contribution >= 0.6 is 0 Å². The summed E-state index contributed by atoms with van der Waals surface area (Å²) >= 11 is 0. The van der Waals surface area contributed by atoms with E-state index in [9.17, 15) is 26.7 Å². The molecule has 1 aliphatic rings. The summed E-state index contributed by atoms with van der Waals surface area (Å²) in [6.07, 6.45) is -4.21. The third-order valence-electron chi connectivity index (χ3n) is 6.50. The fourth-order valence-electron chi connectivity index (χ4n) is 4.59. The number of hydrogen-bond acceptors (Lipinski definition) is 4. The summed E-state index contributed by atoms with van der Waals surface area (Å²) in [5.74, 6) is -3.00. The van der Waals surface area contributed by atoms with Gasteiger partial charge in [0.25, 0.3) is 5.91 Å². The Morgan fingerprint density at radius 3 is 2.43 bits per heavy atom. The van der Waals surface area contributed by atoms with Gasteiger partial charge >= 0.3 is 6.18 Å². The van der Waals surface area contributed by atoms with Crippen LogP contribution in [0.25, 0.3) is 11.0 Å². The number of hydrogen-bond donors (Lipinski definition) is 2. The highest BCUT2D eigenvalue weighted by Crippen LogP contribution is 2.38. The summed E-state index contributed by atoms with van der Waals surface area (Å²) in [4.78, 5) is 22.2. The normalized spacial score (nSPS) is 15.7. The summed E-state index contributed by atoms with van der Waals surface area (Å²) in [5, 5.41) is 0. The van der Waals surface area contributed by atoms with Crippen molar-refractivity contribution in [3.05, 3.63) is 57.8 Å². The van der Waals surface area contributed by atoms with Gasteiger partial charge in [0.15, 0.2) is 0 Å². The molecule has 0 spiro atoms. The van der Waals surface area contributed by atoms with Crippen LogP contribution in [-0.4, -0.2) is 26.8 Å². The van der Waals surface area contributed by atoms with Crippen molar-refractivity contribution in [2.75, 3.05) is 5.73 Å². The number of H-pyrrole nitrogens is 1. The summed E-state index contributed by atoms with van der Waals surface area (Å²) in [7, 11) is 0. The number of rotatable bonds is 6. The standard InChI is InChI=1S/C24H25F5N4O2/c1-4-13(5-2)33(9-14-16(25)6-12(7-17(14)26)24(27,28)29)23(34)19-8-18-21(31-19)15-10-35-11(3)20(15)22(30)32-18/h6-8,11,13,31H,4-5,9-10H2,1-3H3,(H2,30,32)/t11-/m1/s1. The minimum atomic E-state index is -4.90. The fraction of sp³-hybridized carbons (Fsp3) is 0.417. The maximum Gasteiger partial charge on any atom is 0.416 e. The van der Waals surface area contributed by atoms with E-state index in [1.165, 1.54) is 11.0 Å². The molecule has 35 heavy (non-hydrogen) atoms. The quantitative estimate of drug-likeness (QED) is 0.419. The molecule has 1 atom stereocenters. The maximum absolute atomic E-state index is 14.6. The van der Waals surface area contributed by atoms with Crippen molar-refractivity contribution in [1.29, 1.82) is 0 Å². The molecule has 188 valence electrons. The van der Waals surface area contributed by atoms with Crippen LogP contribution < -0.4 is 5.73 Å². The van der Waals surface area contributed by atoms with E-state index in [1.807, 2.05) is 20.8 Å². The van der Waals surface area contributed by atoms with E-state index >= 15 is 0 Å². The lowest BCUT2D eigenvalue weighted by atomic mass is 10.1. The first-order valence-electron chi connectivity index (χ1n) is 11.2. The van der Waals surface area contributed by atoms with Crippen LogP contribution in [0.2, 0.25) is 0 Å². The zero-order chi connectivity index (χ0) is 25.7. The molecule has 1 amide bonds. The molecule has 3 heterocycles. The second-order valence-corrected chi connectivity index (χ2v) is 8.61. The van der Waals surface area contributed by atoms with Crippen LogP contribution in [0.5, 0.6) is 0 Å². The predicted molar refractivity (Wildman–Crippen MR) is 119 cm³/mol. The number of pyridine rings is 1. The van der Waals surface area contributed by atoms with Crippen LogP contribution in [0.15, 0.2) is 18.2 Å². The van der Waals surface area contributed by atoms with Crippen LogP contribution in [0, 0.1) is 11.6 Å². The largest absolute Gasteiger partial charge is 0.416 e. The fourth-order valence-corrected chi connectivity index (χ4v) is 4.59. The minimum Gasteiger partial charge on any atom is -0.383 e. The molecule has 0 radical (unpaired) electrons. The number of anilines is 1. The van der Waals surface area contributed by atoms with E-state index < -0.39 is 47.4 Å². The van der Waals surface area contributed by atoms with E-state index in [-0.39, 0.29) is 30.5 Å². The molecule has 0 saturated carbocycles. The number of aromatic amines is 1. The number of nitrogens with zero attached hydrogens (tertiary/aromatic N) is 2. The van der Waals surface area contributed by atoms with Crippen molar-refractivity contribution < 1.29 is 31.5 Å². The van der Waals surface area contributed by atoms with Crippen molar-refractivity contribution >= 4 is 22.8 Å². The van der Waals surface area contributed by atoms with Gasteiger partial charge in [-0.1, -0.05) is 13.8 Å². The van der Waals surface area contributed by atoms with Crippen LogP contribution in [-0.2, 0) is 24.1 Å². The number of fused-ring (bicyclic) bond motifs is 3. The van der Waals surface area contributed by atoms with Crippen molar-refractivity contribution in [3.8, 4) is 0 Å². The topological polar surface area (TPSA) is 84.2 Å². The second kappa shape index (κ2) is 9.10. The van der Waals surface area contributed by atoms with E-state index in [2.05, 4.69) is 9.97 Å². The summed E-state index contributed by atoms with van der Waals surface area (Å²) in [5.41, 5.74) is 6.71. The Hall–Kier alpha value is -3.21. The summed E-state index contributed by atoms with van der Waals surface area (Å²) in [6, 6.07) is 1.58. The van der Waals surface area contributed by atoms with E-state index in [0.717, 1.165) is 11.1 Å². The molecule has 0 fully saturated rings. The number of halogens is 5. The SMILES string of the molecule is CCC(CC)N(Cc1c(F)cc(C(F)(F)F)cc1F)C(=O)c1cc2nc(N)c3c(c2[nH]1)CO[C@@H]3C. The van der Waals surface area contributed by atoms with Crippen molar-refractivity contribution in [2.24, 2.45) is 0 Å². The van der Waals surface area contributed by atoms with Crippen LogP contribution in [0.4, 0.5) is 27.8 Å². The number of nitrogens with two attached hydrogens (primary N) is 1. The third-order valence-corrected chi connectivity index (χ3v) is 6.50. The first-order chi connectivity index (χ1) is 16.5. The highest BCUT2D eigenvalue weighted by Gasteiger charge is 2.34. The van der Waals surface area contributed by atoms with E-state index in [0.29, 0.717) is 29.7 Å². The Morgan fingerprint density at radius 2 is 1.86 bits per heavy atom. The second-order valence-electron chi connectivity index (χ2n) is 8.61. The third kappa shape index (κ3) is 4.44. The molecular weight excluding hydrogens is 471 g/mol. The zero-order valence-corrected chi connectivity index (χ0v) is 19.4. The number of carbonyl (C=O) groups excluding carboxylic acids is 1. The number of nitrogens with one attached hydrogen (secondary N) is 1. The van der Waals surface area contributed by atoms with Gasteiger partial charge < -0.3 is 20.4 Å². The molecule has 0 unspecified atom stereocenters. The summed E-state index contributed by atoms with van der Waals surface area (Å²) < 4.78 is 73.7. The van der Waals surface area contributed by atoms with E-state index in [4.69, 9.17) is 10.5 Å². The van der Waals surface area contributed by atoms with Gasteiger partial charge in [0.05, 0.1) is 35.9 Å². The molecule has 2 aromatic heterocycles. The molecule has 0 saturated heterocycles. The van der Waals surface area contributed by atoms with Crippen LogP contribution in [0.1, 0.15) is 72.5 Å². The molecule has 1 aliphatic heterocycles. The van der Waals surface area contributed by atoms with Gasteiger partial charge in [0.2, 0.25) is 0 Å². The number of ether oxygens (including phenoxy) is 1. The molecule has 4 rings (SSSR count). The maximum atomic E-state index is 14.6. The average molecular weight is 496 g/mol. The molecule has 1 aromatic carbocycles. The van der Waals surface area contributed by atoms with Gasteiger partial charge in [-0.2, -0.15) is 13.2 Å². The first-order valence-corrected chi connectivity index (χ1v) is 11.2. The smallest absolute Gasteiger partial charge is 0.383 e. The molecule has 11 heteroatoms. The molecule has 0 aliphatic carbocycles. The number of aromatic nitrogens is 2. The Labute approximate surface area is 198 Å². The van der Waals surface area contributed by atoms with Crippen molar-refractivity contribution in [1.82, 2.24) is 14.9 Å². The van der Waals surface area contributed by atoms with Gasteiger partial charge in [-0.15, -0.1) is 0 Å². The molecular formula is C24H25F5N4O2. The summed E-state index contributed by atoms with van der Waals surface area (Å²) in [6.45, 7) is 5.21. The Morgan fingerprint density at radius 1 is 1.23 bits per heavy atom. The molecule has 3 N–H and O–H groups in total. The van der Waals surface area contributed by atoms with Gasteiger partial charge in [0.1, 0.15) is 23.1 Å². The van der Waals surface area contributed by atoms with Gasteiger partial charge in [0, 0.05) is 22.7 Å².